The van der Waals surface area contributed by atoms with Gasteiger partial charge in [0.05, 0.1) is 19.4 Å². The number of guanidine groups is 1. The summed E-state index contributed by atoms with van der Waals surface area (Å²) in [7, 11) is 1.54. The predicted octanol–water partition coefficient (Wildman–Crippen LogP) is 2.36. The highest BCUT2D eigenvalue weighted by Gasteiger charge is 2.43. The van der Waals surface area contributed by atoms with Gasteiger partial charge in [-0.05, 0) is 25.1 Å². The van der Waals surface area contributed by atoms with E-state index in [9.17, 15) is 14.0 Å². The van der Waals surface area contributed by atoms with E-state index in [0.29, 0.717) is 49.1 Å². The molecule has 2 atom stereocenters. The highest BCUT2D eigenvalue weighted by molar-refractivity contribution is 6.08. The zero-order valence-corrected chi connectivity index (χ0v) is 18.7. The van der Waals surface area contributed by atoms with Crippen molar-refractivity contribution in [1.82, 2.24) is 10.2 Å². The fourth-order valence-corrected chi connectivity index (χ4v) is 4.23. The number of methoxy groups -OCH3 is 1. The normalized spacial score (nSPS) is 20.7. The summed E-state index contributed by atoms with van der Waals surface area (Å²) in [5.41, 5.74) is 1.19. The van der Waals surface area contributed by atoms with Crippen molar-refractivity contribution in [1.29, 1.82) is 0 Å². The molecular weight excluding hydrogens is 427 g/mol. The Hall–Kier alpha value is -3.62. The number of hydrogen-bond donors (Lipinski definition) is 1. The lowest BCUT2D eigenvalue weighted by Gasteiger charge is -2.39. The van der Waals surface area contributed by atoms with Crippen molar-refractivity contribution in [3.8, 4) is 5.75 Å². The van der Waals surface area contributed by atoms with Crippen molar-refractivity contribution < 1.29 is 23.5 Å². The summed E-state index contributed by atoms with van der Waals surface area (Å²) in [6.07, 6.45) is 0. The highest BCUT2D eigenvalue weighted by Crippen LogP contribution is 2.36. The van der Waals surface area contributed by atoms with Crippen LogP contribution in [0.25, 0.3) is 0 Å². The Morgan fingerprint density at radius 1 is 1.09 bits per heavy atom. The maximum atomic E-state index is 14.2. The van der Waals surface area contributed by atoms with Crippen LogP contribution in [0.3, 0.4) is 0 Å². The monoisotopic (exact) mass is 454 g/mol. The molecule has 8 nitrogen and oxygen atoms in total. The maximum absolute atomic E-state index is 14.2. The summed E-state index contributed by atoms with van der Waals surface area (Å²) in [6.45, 7) is 4.07. The van der Waals surface area contributed by atoms with Gasteiger partial charge in [-0.2, -0.15) is 0 Å². The van der Waals surface area contributed by atoms with Crippen molar-refractivity contribution in [2.24, 2.45) is 10.9 Å². The Bertz CT molecular complexity index is 1050. The first-order valence-corrected chi connectivity index (χ1v) is 11.0. The number of carbonyl (C=O) groups is 2. The second kappa shape index (κ2) is 9.89. The quantitative estimate of drug-likeness (QED) is 0.552. The average molecular weight is 455 g/mol. The Morgan fingerprint density at radius 2 is 1.76 bits per heavy atom. The number of piperazine rings is 1. The fourth-order valence-electron chi connectivity index (χ4n) is 4.23. The Kier molecular flexibility index (Phi) is 6.76. The molecule has 2 aromatic carbocycles. The SMILES string of the molecule is CCOC(=O)[C@@H]1C(=O)NC(N2CCN(c3ccccc3F)CC2)=N[C@H]1c1ccccc1OC. The molecule has 1 N–H and O–H groups in total. The van der Waals surface area contributed by atoms with Crippen LogP contribution in [0, 0.1) is 11.7 Å². The molecule has 0 bridgehead atoms. The molecule has 2 aliphatic heterocycles. The molecule has 33 heavy (non-hydrogen) atoms. The number of para-hydroxylation sites is 2. The number of ether oxygens (including phenoxy) is 2. The zero-order valence-electron chi connectivity index (χ0n) is 18.7. The van der Waals surface area contributed by atoms with E-state index in [4.69, 9.17) is 14.5 Å². The molecule has 2 aliphatic rings. The average Bonchev–Trinajstić information content (AvgIpc) is 2.84. The van der Waals surface area contributed by atoms with Crippen molar-refractivity contribution in [3.05, 3.63) is 59.9 Å². The number of benzene rings is 2. The first-order valence-electron chi connectivity index (χ1n) is 11.0. The van der Waals surface area contributed by atoms with Gasteiger partial charge >= 0.3 is 5.97 Å². The number of anilines is 1. The minimum absolute atomic E-state index is 0.163. The largest absolute Gasteiger partial charge is 0.496 e. The van der Waals surface area contributed by atoms with Crippen LogP contribution in [-0.4, -0.2) is 62.6 Å². The topological polar surface area (TPSA) is 83.5 Å². The number of esters is 1. The van der Waals surface area contributed by atoms with E-state index in [1.807, 2.05) is 28.0 Å². The van der Waals surface area contributed by atoms with E-state index >= 15 is 0 Å². The number of nitrogens with zero attached hydrogens (tertiary/aromatic N) is 3. The van der Waals surface area contributed by atoms with Crippen molar-refractivity contribution in [2.75, 3.05) is 44.8 Å². The number of amides is 1. The third-order valence-electron chi connectivity index (χ3n) is 5.87. The molecule has 2 aromatic rings. The van der Waals surface area contributed by atoms with Crippen LogP contribution in [0.2, 0.25) is 0 Å². The third-order valence-corrected chi connectivity index (χ3v) is 5.87. The number of aliphatic imine (C=N–C) groups is 1. The summed E-state index contributed by atoms with van der Waals surface area (Å²) in [5.74, 6) is -1.54. The molecule has 4 rings (SSSR count). The van der Waals surface area contributed by atoms with E-state index in [1.54, 1.807) is 31.2 Å². The highest BCUT2D eigenvalue weighted by atomic mass is 19.1. The molecule has 9 heteroatoms. The summed E-state index contributed by atoms with van der Waals surface area (Å²) in [4.78, 5) is 34.4. The van der Waals surface area contributed by atoms with Gasteiger partial charge in [-0.1, -0.05) is 30.3 Å². The molecule has 0 aromatic heterocycles. The van der Waals surface area contributed by atoms with E-state index in [2.05, 4.69) is 5.32 Å². The number of carbonyl (C=O) groups excluding carboxylic acids is 2. The van der Waals surface area contributed by atoms with E-state index < -0.39 is 23.8 Å². The number of nitrogens with one attached hydrogen (secondary N) is 1. The van der Waals surface area contributed by atoms with Crippen LogP contribution in [0.15, 0.2) is 53.5 Å². The minimum Gasteiger partial charge on any atom is -0.496 e. The van der Waals surface area contributed by atoms with Crippen LogP contribution in [0.4, 0.5) is 10.1 Å². The Labute approximate surface area is 192 Å². The molecule has 0 aliphatic carbocycles. The van der Waals surface area contributed by atoms with Crippen LogP contribution in [0.1, 0.15) is 18.5 Å². The lowest BCUT2D eigenvalue weighted by atomic mass is 9.90. The van der Waals surface area contributed by atoms with Crippen molar-refractivity contribution in [3.63, 3.8) is 0 Å². The molecule has 0 saturated carbocycles. The molecule has 2 heterocycles. The van der Waals surface area contributed by atoms with Gasteiger partial charge in [0.25, 0.3) is 0 Å². The number of halogens is 1. The van der Waals surface area contributed by atoms with Crippen molar-refractivity contribution in [2.45, 2.75) is 13.0 Å². The third kappa shape index (κ3) is 4.62. The van der Waals surface area contributed by atoms with Gasteiger partial charge in [-0.15, -0.1) is 0 Å². The molecule has 1 amide bonds. The van der Waals surface area contributed by atoms with Crippen LogP contribution < -0.4 is 15.0 Å². The van der Waals surface area contributed by atoms with Crippen LogP contribution in [-0.2, 0) is 14.3 Å². The van der Waals surface area contributed by atoms with Crippen LogP contribution in [0.5, 0.6) is 5.75 Å². The molecule has 174 valence electrons. The van der Waals surface area contributed by atoms with E-state index in [-0.39, 0.29) is 12.4 Å². The van der Waals surface area contributed by atoms with Gasteiger partial charge < -0.3 is 19.3 Å². The second-order valence-corrected chi connectivity index (χ2v) is 7.78. The molecule has 1 saturated heterocycles. The van der Waals surface area contributed by atoms with Gasteiger partial charge in [0.2, 0.25) is 11.9 Å². The molecule has 0 radical (unpaired) electrons. The van der Waals surface area contributed by atoms with Gasteiger partial charge in [0.15, 0.2) is 5.92 Å². The Balaban J connectivity index is 1.60. The summed E-state index contributed by atoms with van der Waals surface area (Å²) >= 11 is 0. The van der Waals surface area contributed by atoms with Gasteiger partial charge in [0, 0.05) is 31.7 Å². The van der Waals surface area contributed by atoms with E-state index in [0.717, 1.165) is 0 Å². The second-order valence-electron chi connectivity index (χ2n) is 7.78. The van der Waals surface area contributed by atoms with Crippen LogP contribution >= 0.6 is 0 Å². The van der Waals surface area contributed by atoms with Gasteiger partial charge in [-0.25, -0.2) is 9.38 Å². The first-order chi connectivity index (χ1) is 16.0. The summed E-state index contributed by atoms with van der Waals surface area (Å²) in [5, 5.41) is 2.78. The van der Waals surface area contributed by atoms with Gasteiger partial charge in [0.1, 0.15) is 17.6 Å². The number of rotatable bonds is 5. The molecule has 0 spiro atoms. The molecule has 0 unspecified atom stereocenters. The standard InChI is InChI=1S/C24H27FN4O4/c1-3-33-23(31)20-21(16-8-4-7-11-19(16)32-2)26-24(27-22(20)30)29-14-12-28(13-15-29)18-10-6-5-9-17(18)25/h4-11,20-21H,3,12-15H2,1-2H3,(H,26,27,30)/t20-,21-/m0/s1. The summed E-state index contributed by atoms with van der Waals surface area (Å²) in [6, 6.07) is 13.1. The number of hydrogen-bond acceptors (Lipinski definition) is 7. The molecule has 1 fully saturated rings. The fraction of sp³-hybridized carbons (Fsp3) is 0.375. The smallest absolute Gasteiger partial charge is 0.321 e. The summed E-state index contributed by atoms with van der Waals surface area (Å²) < 4.78 is 24.8. The Morgan fingerprint density at radius 3 is 2.45 bits per heavy atom. The van der Waals surface area contributed by atoms with E-state index in [1.165, 1.54) is 13.2 Å². The maximum Gasteiger partial charge on any atom is 0.321 e. The van der Waals surface area contributed by atoms with Crippen molar-refractivity contribution >= 4 is 23.5 Å². The predicted molar refractivity (Wildman–Crippen MR) is 122 cm³/mol. The molecular formula is C24H27FN4O4. The first kappa shape index (κ1) is 22.6. The minimum atomic E-state index is -1.12. The lowest BCUT2D eigenvalue weighted by molar-refractivity contribution is -0.153. The lowest BCUT2D eigenvalue weighted by Crippen LogP contribution is -2.57. The zero-order chi connectivity index (χ0) is 23.4. The van der Waals surface area contributed by atoms with Gasteiger partial charge in [-0.3, -0.25) is 14.9 Å².